The van der Waals surface area contributed by atoms with Crippen LogP contribution in [0.2, 0.25) is 0 Å². The number of benzene rings is 1. The Morgan fingerprint density at radius 1 is 1.27 bits per heavy atom. The van der Waals surface area contributed by atoms with Gasteiger partial charge < -0.3 is 10.2 Å². The van der Waals surface area contributed by atoms with Gasteiger partial charge in [0.25, 0.3) is 0 Å². The molecule has 1 aliphatic rings. The Kier molecular flexibility index (Phi) is 5.40. The minimum absolute atomic E-state index is 0.0310. The fraction of sp³-hybridized carbons (Fsp3) is 0.450. The van der Waals surface area contributed by atoms with Gasteiger partial charge in [0, 0.05) is 38.7 Å². The van der Waals surface area contributed by atoms with E-state index < -0.39 is 6.04 Å². The summed E-state index contributed by atoms with van der Waals surface area (Å²) in [5.41, 5.74) is 4.25. The number of rotatable bonds is 5. The van der Waals surface area contributed by atoms with E-state index in [1.807, 2.05) is 55.9 Å². The van der Waals surface area contributed by atoms with E-state index in [0.29, 0.717) is 32.4 Å². The summed E-state index contributed by atoms with van der Waals surface area (Å²) in [6, 6.07) is 9.41. The number of amides is 2. The topological polar surface area (TPSA) is 67.2 Å². The second kappa shape index (κ2) is 7.72. The van der Waals surface area contributed by atoms with Crippen molar-refractivity contribution in [3.05, 3.63) is 52.8 Å². The normalized spacial score (nSPS) is 17.3. The molecule has 1 saturated heterocycles. The molecule has 0 aliphatic carbocycles. The molecule has 3 rings (SSSR count). The van der Waals surface area contributed by atoms with Crippen LogP contribution in [-0.4, -0.2) is 45.6 Å². The summed E-state index contributed by atoms with van der Waals surface area (Å²) in [6.07, 6.45) is 1.59. The average Bonchev–Trinajstić information content (AvgIpc) is 2.87. The first kappa shape index (κ1) is 18.2. The molecule has 1 N–H and O–H groups in total. The molecule has 0 bridgehead atoms. The third kappa shape index (κ3) is 3.79. The summed E-state index contributed by atoms with van der Waals surface area (Å²) in [4.78, 5) is 27.0. The van der Waals surface area contributed by atoms with Gasteiger partial charge in [-0.15, -0.1) is 0 Å². The predicted octanol–water partition coefficient (Wildman–Crippen LogP) is 1.54. The smallest absolute Gasteiger partial charge is 0.243 e. The van der Waals surface area contributed by atoms with E-state index in [-0.39, 0.29) is 11.8 Å². The minimum atomic E-state index is -0.435. The number of nitrogens with one attached hydrogen (secondary N) is 1. The number of nitrogens with zero attached hydrogens (tertiary/aromatic N) is 3. The largest absolute Gasteiger partial charge is 0.353 e. The van der Waals surface area contributed by atoms with Crippen molar-refractivity contribution in [2.45, 2.75) is 39.2 Å². The summed E-state index contributed by atoms with van der Waals surface area (Å²) in [5, 5.41) is 7.30. The van der Waals surface area contributed by atoms with Crippen molar-refractivity contribution in [3.63, 3.8) is 0 Å². The van der Waals surface area contributed by atoms with Gasteiger partial charge in [-0.25, -0.2) is 0 Å². The van der Waals surface area contributed by atoms with Crippen LogP contribution >= 0.6 is 0 Å². The van der Waals surface area contributed by atoms with Crippen LogP contribution in [0, 0.1) is 13.8 Å². The first-order chi connectivity index (χ1) is 12.5. The number of piperazine rings is 1. The Bertz CT molecular complexity index is 798. The molecule has 1 aliphatic heterocycles. The van der Waals surface area contributed by atoms with Crippen LogP contribution < -0.4 is 5.32 Å². The maximum atomic E-state index is 12.9. The maximum absolute atomic E-state index is 12.9. The summed E-state index contributed by atoms with van der Waals surface area (Å²) < 4.78 is 1.85. The van der Waals surface area contributed by atoms with Gasteiger partial charge in [-0.1, -0.05) is 30.3 Å². The highest BCUT2D eigenvalue weighted by Crippen LogP contribution is 2.17. The monoisotopic (exact) mass is 354 g/mol. The van der Waals surface area contributed by atoms with Crippen molar-refractivity contribution in [2.24, 2.45) is 7.05 Å². The molecule has 2 heterocycles. The van der Waals surface area contributed by atoms with Crippen LogP contribution in [0.3, 0.4) is 0 Å². The Morgan fingerprint density at radius 2 is 2.00 bits per heavy atom. The quantitative estimate of drug-likeness (QED) is 0.886. The lowest BCUT2D eigenvalue weighted by atomic mass is 10.0. The molecule has 138 valence electrons. The van der Waals surface area contributed by atoms with Crippen LogP contribution in [0.4, 0.5) is 0 Å². The van der Waals surface area contributed by atoms with Gasteiger partial charge in [0.05, 0.1) is 5.69 Å². The van der Waals surface area contributed by atoms with Gasteiger partial charge in [-0.3, -0.25) is 14.3 Å². The molecule has 0 radical (unpaired) electrons. The molecule has 1 aromatic carbocycles. The summed E-state index contributed by atoms with van der Waals surface area (Å²) in [7, 11) is 1.92. The van der Waals surface area contributed by atoms with Gasteiger partial charge in [0.2, 0.25) is 11.8 Å². The van der Waals surface area contributed by atoms with Crippen LogP contribution in [0.25, 0.3) is 0 Å². The van der Waals surface area contributed by atoms with E-state index in [1.165, 1.54) is 0 Å². The lowest BCUT2D eigenvalue weighted by Gasteiger charge is -2.35. The fourth-order valence-electron chi connectivity index (χ4n) is 3.61. The lowest BCUT2D eigenvalue weighted by molar-refractivity contribution is -0.143. The molecule has 6 nitrogen and oxygen atoms in total. The molecule has 26 heavy (non-hydrogen) atoms. The maximum Gasteiger partial charge on any atom is 0.243 e. The lowest BCUT2D eigenvalue weighted by Crippen LogP contribution is -2.58. The second-order valence-corrected chi connectivity index (χ2v) is 6.86. The van der Waals surface area contributed by atoms with E-state index in [2.05, 4.69) is 10.4 Å². The van der Waals surface area contributed by atoms with Crippen molar-refractivity contribution in [3.8, 4) is 0 Å². The van der Waals surface area contributed by atoms with Crippen LogP contribution in [0.5, 0.6) is 0 Å². The molecule has 0 spiro atoms. The van der Waals surface area contributed by atoms with Crippen LogP contribution in [-0.2, 0) is 29.5 Å². The number of carbonyl (C=O) groups excluding carboxylic acids is 2. The zero-order valence-corrected chi connectivity index (χ0v) is 15.7. The number of aromatic nitrogens is 2. The first-order valence-corrected chi connectivity index (χ1v) is 9.07. The second-order valence-electron chi connectivity index (χ2n) is 6.86. The third-order valence-electron chi connectivity index (χ3n) is 5.17. The molecule has 1 unspecified atom stereocenters. The number of carbonyl (C=O) groups is 2. The summed E-state index contributed by atoms with van der Waals surface area (Å²) in [5.74, 6) is -0.0365. The SMILES string of the molecule is Cc1nn(C)c(C)c1CCC(=O)N1CCNC(=O)C1Cc1ccccc1. The van der Waals surface area contributed by atoms with Crippen molar-refractivity contribution in [1.82, 2.24) is 20.0 Å². The van der Waals surface area contributed by atoms with Crippen molar-refractivity contribution >= 4 is 11.8 Å². The predicted molar refractivity (Wildman–Crippen MR) is 99.7 cm³/mol. The van der Waals surface area contributed by atoms with Crippen molar-refractivity contribution in [2.75, 3.05) is 13.1 Å². The molecular weight excluding hydrogens is 328 g/mol. The Morgan fingerprint density at radius 3 is 2.65 bits per heavy atom. The van der Waals surface area contributed by atoms with E-state index in [1.54, 1.807) is 4.90 Å². The molecule has 6 heteroatoms. The molecule has 1 atom stereocenters. The number of hydrogen-bond donors (Lipinski definition) is 1. The zero-order chi connectivity index (χ0) is 18.7. The highest BCUT2D eigenvalue weighted by molar-refractivity contribution is 5.89. The molecule has 2 aromatic rings. The minimum Gasteiger partial charge on any atom is -0.353 e. The number of hydrogen-bond acceptors (Lipinski definition) is 3. The summed E-state index contributed by atoms with van der Waals surface area (Å²) >= 11 is 0. The van der Waals surface area contributed by atoms with Gasteiger partial charge in [-0.05, 0) is 31.4 Å². The van der Waals surface area contributed by atoms with Crippen LogP contribution in [0.15, 0.2) is 30.3 Å². The molecular formula is C20H26N4O2. The molecule has 2 amide bonds. The van der Waals surface area contributed by atoms with E-state index in [0.717, 1.165) is 22.5 Å². The van der Waals surface area contributed by atoms with Gasteiger partial charge in [0.1, 0.15) is 6.04 Å². The number of aryl methyl sites for hydroxylation is 2. The van der Waals surface area contributed by atoms with E-state index >= 15 is 0 Å². The fourth-order valence-corrected chi connectivity index (χ4v) is 3.61. The summed E-state index contributed by atoms with van der Waals surface area (Å²) in [6.45, 7) is 5.07. The molecule has 0 saturated carbocycles. The van der Waals surface area contributed by atoms with Gasteiger partial charge in [0.15, 0.2) is 0 Å². The Hall–Kier alpha value is -2.63. The third-order valence-corrected chi connectivity index (χ3v) is 5.17. The Labute approximate surface area is 154 Å². The average molecular weight is 354 g/mol. The Balaban J connectivity index is 1.70. The molecule has 1 aromatic heterocycles. The van der Waals surface area contributed by atoms with E-state index in [9.17, 15) is 9.59 Å². The van der Waals surface area contributed by atoms with Crippen molar-refractivity contribution in [1.29, 1.82) is 0 Å². The standard InChI is InChI=1S/C20H26N4O2/c1-14-17(15(2)23(3)22-14)9-10-19(25)24-12-11-21-20(26)18(24)13-16-7-5-4-6-8-16/h4-8,18H,9-13H2,1-3H3,(H,21,26). The van der Waals surface area contributed by atoms with E-state index in [4.69, 9.17) is 0 Å². The highest BCUT2D eigenvalue weighted by atomic mass is 16.2. The zero-order valence-electron chi connectivity index (χ0n) is 15.7. The highest BCUT2D eigenvalue weighted by Gasteiger charge is 2.32. The van der Waals surface area contributed by atoms with Crippen molar-refractivity contribution < 1.29 is 9.59 Å². The van der Waals surface area contributed by atoms with Gasteiger partial charge in [-0.2, -0.15) is 5.10 Å². The first-order valence-electron chi connectivity index (χ1n) is 9.07. The van der Waals surface area contributed by atoms with Crippen LogP contribution in [0.1, 0.15) is 28.9 Å². The van der Waals surface area contributed by atoms with Gasteiger partial charge >= 0.3 is 0 Å². The molecule has 1 fully saturated rings.